The Bertz CT molecular complexity index is 659. The number of anilines is 1. The summed E-state index contributed by atoms with van der Waals surface area (Å²) in [5, 5.41) is 0. The molecule has 0 radical (unpaired) electrons. The van der Waals surface area contributed by atoms with Crippen LogP contribution in [0.5, 0.6) is 0 Å². The summed E-state index contributed by atoms with van der Waals surface area (Å²) in [6.45, 7) is 6.74. The van der Waals surface area contributed by atoms with Gasteiger partial charge in [0, 0.05) is 51.7 Å². The highest BCUT2D eigenvalue weighted by Gasteiger charge is 2.51. The van der Waals surface area contributed by atoms with Gasteiger partial charge in [-0.05, 0) is 31.2 Å². The molecule has 2 saturated heterocycles. The summed E-state index contributed by atoms with van der Waals surface area (Å²) in [7, 11) is 0. The molecule has 0 N–H and O–H groups in total. The number of piperidine rings is 1. The molecule has 1 aromatic heterocycles. The minimum absolute atomic E-state index is 0.0803. The third kappa shape index (κ3) is 3.52. The van der Waals surface area contributed by atoms with E-state index in [1.165, 1.54) is 6.42 Å². The molecule has 7 nitrogen and oxygen atoms in total. The zero-order chi connectivity index (χ0) is 18.1. The third-order valence-corrected chi connectivity index (χ3v) is 5.82. The van der Waals surface area contributed by atoms with Gasteiger partial charge in [0.2, 0.25) is 17.8 Å². The summed E-state index contributed by atoms with van der Waals surface area (Å²) >= 11 is 0. The van der Waals surface area contributed by atoms with Gasteiger partial charge in [-0.1, -0.05) is 6.92 Å². The molecular formula is C19H27N5O2. The number of carbonyl (C=O) groups excluding carboxylic acids is 2. The van der Waals surface area contributed by atoms with Crippen LogP contribution in [0, 0.1) is 17.8 Å². The molecule has 7 heteroatoms. The van der Waals surface area contributed by atoms with E-state index in [2.05, 4.69) is 21.8 Å². The molecule has 1 aliphatic carbocycles. The molecule has 3 aliphatic rings. The highest BCUT2D eigenvalue weighted by atomic mass is 16.2. The Morgan fingerprint density at radius 2 is 1.62 bits per heavy atom. The minimum atomic E-state index is -0.0979. The van der Waals surface area contributed by atoms with Gasteiger partial charge in [-0.2, -0.15) is 0 Å². The van der Waals surface area contributed by atoms with Crippen molar-refractivity contribution >= 4 is 17.8 Å². The van der Waals surface area contributed by atoms with Crippen molar-refractivity contribution in [2.24, 2.45) is 17.8 Å². The Hall–Kier alpha value is -2.18. The average molecular weight is 357 g/mol. The molecule has 26 heavy (non-hydrogen) atoms. The van der Waals surface area contributed by atoms with Crippen molar-refractivity contribution in [2.75, 3.05) is 44.2 Å². The van der Waals surface area contributed by atoms with Crippen LogP contribution in [0.2, 0.25) is 0 Å². The summed E-state index contributed by atoms with van der Waals surface area (Å²) in [5.41, 5.74) is 0. The van der Waals surface area contributed by atoms with Crippen LogP contribution in [0.3, 0.4) is 0 Å². The molecule has 2 amide bonds. The van der Waals surface area contributed by atoms with Crippen molar-refractivity contribution in [3.63, 3.8) is 0 Å². The standard InChI is InChI=1S/C19H27N5O2/c1-14-4-2-7-24(13-14)18(26)16-12-15(16)17(25)22-8-10-23(11-9-22)19-20-5-3-6-21-19/h3,5-6,14-16H,2,4,7-13H2,1H3. The molecule has 1 aromatic rings. The molecule has 0 bridgehead atoms. The smallest absolute Gasteiger partial charge is 0.226 e. The summed E-state index contributed by atoms with van der Waals surface area (Å²) in [5.74, 6) is 1.47. The summed E-state index contributed by atoms with van der Waals surface area (Å²) in [6.07, 6.45) is 6.49. The first-order valence-corrected chi connectivity index (χ1v) is 9.73. The zero-order valence-electron chi connectivity index (χ0n) is 15.4. The first-order valence-electron chi connectivity index (χ1n) is 9.73. The average Bonchev–Trinajstić information content (AvgIpc) is 3.48. The van der Waals surface area contributed by atoms with E-state index >= 15 is 0 Å². The Morgan fingerprint density at radius 1 is 0.962 bits per heavy atom. The van der Waals surface area contributed by atoms with E-state index in [9.17, 15) is 9.59 Å². The van der Waals surface area contributed by atoms with Crippen LogP contribution in [-0.4, -0.2) is 70.9 Å². The molecule has 0 spiro atoms. The first kappa shape index (κ1) is 17.2. The SMILES string of the molecule is CC1CCCN(C(=O)C2CC2C(=O)N2CCN(c3ncccn3)CC2)C1. The Balaban J connectivity index is 1.28. The van der Waals surface area contributed by atoms with E-state index in [0.29, 0.717) is 19.0 Å². The molecule has 4 rings (SSSR count). The lowest BCUT2D eigenvalue weighted by Gasteiger charge is -2.35. The largest absolute Gasteiger partial charge is 0.342 e. The van der Waals surface area contributed by atoms with E-state index in [1.807, 2.05) is 9.80 Å². The van der Waals surface area contributed by atoms with Crippen LogP contribution < -0.4 is 4.90 Å². The molecule has 3 atom stereocenters. The van der Waals surface area contributed by atoms with E-state index in [0.717, 1.165) is 45.0 Å². The fourth-order valence-corrected chi connectivity index (χ4v) is 4.18. The molecule has 140 valence electrons. The number of nitrogens with zero attached hydrogens (tertiary/aromatic N) is 5. The van der Waals surface area contributed by atoms with E-state index in [-0.39, 0.29) is 23.7 Å². The minimum Gasteiger partial charge on any atom is -0.342 e. The lowest BCUT2D eigenvalue weighted by Crippen LogP contribution is -2.50. The number of carbonyl (C=O) groups is 2. The van der Waals surface area contributed by atoms with Crippen molar-refractivity contribution < 1.29 is 9.59 Å². The molecular weight excluding hydrogens is 330 g/mol. The molecule has 0 aromatic carbocycles. The highest BCUT2D eigenvalue weighted by Crippen LogP contribution is 2.42. The maximum absolute atomic E-state index is 12.8. The Kier molecular flexibility index (Phi) is 4.78. The normalized spacial score (nSPS) is 28.8. The van der Waals surface area contributed by atoms with Crippen molar-refractivity contribution in [3.8, 4) is 0 Å². The highest BCUT2D eigenvalue weighted by molar-refractivity contribution is 5.92. The molecule has 3 fully saturated rings. The molecule has 1 saturated carbocycles. The summed E-state index contributed by atoms with van der Waals surface area (Å²) in [4.78, 5) is 40.0. The predicted octanol–water partition coefficient (Wildman–Crippen LogP) is 1.02. The van der Waals surface area contributed by atoms with Gasteiger partial charge >= 0.3 is 0 Å². The number of piperazine rings is 1. The summed E-state index contributed by atoms with van der Waals surface area (Å²) in [6, 6.07) is 1.80. The van der Waals surface area contributed by atoms with Gasteiger partial charge in [-0.3, -0.25) is 9.59 Å². The van der Waals surface area contributed by atoms with Gasteiger partial charge in [0.1, 0.15) is 0 Å². The van der Waals surface area contributed by atoms with E-state index in [4.69, 9.17) is 0 Å². The fraction of sp³-hybridized carbons (Fsp3) is 0.684. The van der Waals surface area contributed by atoms with Gasteiger partial charge in [0.05, 0.1) is 11.8 Å². The third-order valence-electron chi connectivity index (χ3n) is 5.82. The van der Waals surface area contributed by atoms with Crippen molar-refractivity contribution in [2.45, 2.75) is 26.2 Å². The maximum atomic E-state index is 12.8. The van der Waals surface area contributed by atoms with Crippen LogP contribution in [0.25, 0.3) is 0 Å². The quantitative estimate of drug-likeness (QED) is 0.808. The number of rotatable bonds is 3. The van der Waals surface area contributed by atoms with Gasteiger partial charge in [0.25, 0.3) is 0 Å². The lowest BCUT2D eigenvalue weighted by atomic mass is 10.00. The monoisotopic (exact) mass is 357 g/mol. The van der Waals surface area contributed by atoms with Gasteiger partial charge in [-0.25, -0.2) is 9.97 Å². The van der Waals surface area contributed by atoms with Crippen LogP contribution in [0.15, 0.2) is 18.5 Å². The van der Waals surface area contributed by atoms with Gasteiger partial charge in [0.15, 0.2) is 0 Å². The number of hydrogen-bond donors (Lipinski definition) is 0. The molecule has 3 heterocycles. The second-order valence-electron chi connectivity index (χ2n) is 7.84. The zero-order valence-corrected chi connectivity index (χ0v) is 15.4. The molecule has 3 unspecified atom stereocenters. The Labute approximate surface area is 154 Å². The predicted molar refractivity (Wildman–Crippen MR) is 97.4 cm³/mol. The van der Waals surface area contributed by atoms with Crippen LogP contribution in [-0.2, 0) is 9.59 Å². The number of likely N-dealkylation sites (tertiary alicyclic amines) is 1. The van der Waals surface area contributed by atoms with Crippen molar-refractivity contribution in [1.29, 1.82) is 0 Å². The van der Waals surface area contributed by atoms with Crippen LogP contribution in [0.4, 0.5) is 5.95 Å². The Morgan fingerprint density at radius 3 is 2.27 bits per heavy atom. The van der Waals surface area contributed by atoms with Crippen molar-refractivity contribution in [1.82, 2.24) is 19.8 Å². The van der Waals surface area contributed by atoms with Gasteiger partial charge < -0.3 is 14.7 Å². The topological polar surface area (TPSA) is 69.6 Å². The first-order chi connectivity index (χ1) is 12.6. The fourth-order valence-electron chi connectivity index (χ4n) is 4.18. The summed E-state index contributed by atoms with van der Waals surface area (Å²) < 4.78 is 0. The number of aromatic nitrogens is 2. The van der Waals surface area contributed by atoms with Gasteiger partial charge in [-0.15, -0.1) is 0 Å². The number of amides is 2. The van der Waals surface area contributed by atoms with Crippen LogP contribution >= 0.6 is 0 Å². The van der Waals surface area contributed by atoms with Crippen LogP contribution in [0.1, 0.15) is 26.2 Å². The lowest BCUT2D eigenvalue weighted by molar-refractivity contribution is -0.139. The number of hydrogen-bond acceptors (Lipinski definition) is 5. The van der Waals surface area contributed by atoms with E-state index in [1.54, 1.807) is 18.5 Å². The second-order valence-corrected chi connectivity index (χ2v) is 7.84. The maximum Gasteiger partial charge on any atom is 0.226 e. The van der Waals surface area contributed by atoms with Crippen molar-refractivity contribution in [3.05, 3.63) is 18.5 Å². The van der Waals surface area contributed by atoms with E-state index < -0.39 is 0 Å². The second kappa shape index (κ2) is 7.21. The molecule has 2 aliphatic heterocycles.